The molecule has 1 heterocycles. The molecule has 0 saturated heterocycles. The van der Waals surface area contributed by atoms with Crippen LogP contribution >= 0.6 is 22.9 Å². The third-order valence-electron chi connectivity index (χ3n) is 3.32. The molecule has 2 aromatic rings. The molecule has 0 radical (unpaired) electrons. The van der Waals surface area contributed by atoms with Crippen molar-refractivity contribution in [2.45, 2.75) is 18.4 Å². The van der Waals surface area contributed by atoms with Crippen molar-refractivity contribution in [3.63, 3.8) is 0 Å². The molecular formula is C15H18ClNO3S2. The van der Waals surface area contributed by atoms with E-state index >= 15 is 0 Å². The van der Waals surface area contributed by atoms with E-state index in [0.29, 0.717) is 30.3 Å². The van der Waals surface area contributed by atoms with E-state index in [0.717, 1.165) is 5.56 Å². The SMILES string of the molecule is COCCN(Cc1ccsc1)S(=O)(=O)c1cccc(Cl)c1C. The summed E-state index contributed by atoms with van der Waals surface area (Å²) in [4.78, 5) is 0.242. The number of ether oxygens (including phenoxy) is 1. The summed E-state index contributed by atoms with van der Waals surface area (Å²) >= 11 is 7.61. The van der Waals surface area contributed by atoms with Crippen molar-refractivity contribution in [1.29, 1.82) is 0 Å². The van der Waals surface area contributed by atoms with E-state index in [2.05, 4.69) is 0 Å². The fraction of sp³-hybridized carbons (Fsp3) is 0.333. The average molecular weight is 360 g/mol. The van der Waals surface area contributed by atoms with E-state index < -0.39 is 10.0 Å². The zero-order chi connectivity index (χ0) is 16.2. The molecule has 0 unspecified atom stereocenters. The molecule has 2 rings (SSSR count). The quantitative estimate of drug-likeness (QED) is 0.759. The Kier molecular flexibility index (Phi) is 6.00. The summed E-state index contributed by atoms with van der Waals surface area (Å²) in [5, 5.41) is 4.32. The van der Waals surface area contributed by atoms with Crippen molar-refractivity contribution in [1.82, 2.24) is 4.31 Å². The van der Waals surface area contributed by atoms with Gasteiger partial charge >= 0.3 is 0 Å². The van der Waals surface area contributed by atoms with E-state index in [4.69, 9.17) is 16.3 Å². The maximum atomic E-state index is 13.0. The van der Waals surface area contributed by atoms with Crippen molar-refractivity contribution in [2.75, 3.05) is 20.3 Å². The lowest BCUT2D eigenvalue weighted by atomic mass is 10.2. The number of rotatable bonds is 7. The van der Waals surface area contributed by atoms with Crippen LogP contribution in [0.15, 0.2) is 39.9 Å². The fourth-order valence-corrected chi connectivity index (χ4v) is 4.62. The van der Waals surface area contributed by atoms with Gasteiger partial charge in [-0.1, -0.05) is 17.7 Å². The molecule has 1 aromatic heterocycles. The normalized spacial score (nSPS) is 12.0. The Labute approximate surface area is 140 Å². The van der Waals surface area contributed by atoms with Gasteiger partial charge in [-0.2, -0.15) is 15.6 Å². The number of halogens is 1. The fourth-order valence-electron chi connectivity index (χ4n) is 2.07. The Morgan fingerprint density at radius 1 is 1.32 bits per heavy atom. The van der Waals surface area contributed by atoms with Crippen LogP contribution in [0.5, 0.6) is 0 Å². The van der Waals surface area contributed by atoms with Crippen molar-refractivity contribution in [3.8, 4) is 0 Å². The highest BCUT2D eigenvalue weighted by atomic mass is 35.5. The van der Waals surface area contributed by atoms with E-state index in [-0.39, 0.29) is 4.90 Å². The topological polar surface area (TPSA) is 46.6 Å². The van der Waals surface area contributed by atoms with Crippen LogP contribution in [0.25, 0.3) is 0 Å². The van der Waals surface area contributed by atoms with Crippen molar-refractivity contribution in [2.24, 2.45) is 0 Å². The maximum Gasteiger partial charge on any atom is 0.243 e. The second-order valence-electron chi connectivity index (χ2n) is 4.83. The number of benzene rings is 1. The van der Waals surface area contributed by atoms with Crippen LogP contribution in [0, 0.1) is 6.92 Å². The van der Waals surface area contributed by atoms with Crippen molar-refractivity contribution < 1.29 is 13.2 Å². The highest BCUT2D eigenvalue weighted by Gasteiger charge is 2.26. The molecule has 0 spiro atoms. The second-order valence-corrected chi connectivity index (χ2v) is 7.92. The molecule has 0 aliphatic heterocycles. The minimum atomic E-state index is -3.63. The van der Waals surface area contributed by atoms with Gasteiger partial charge in [-0.25, -0.2) is 8.42 Å². The first-order valence-electron chi connectivity index (χ1n) is 6.72. The van der Waals surface area contributed by atoms with E-state index in [9.17, 15) is 8.42 Å². The molecule has 0 amide bonds. The van der Waals surface area contributed by atoms with E-state index in [1.165, 1.54) is 4.31 Å². The molecule has 7 heteroatoms. The van der Waals surface area contributed by atoms with Gasteiger partial charge in [0.1, 0.15) is 0 Å². The first-order valence-corrected chi connectivity index (χ1v) is 9.48. The molecule has 0 atom stereocenters. The number of nitrogens with zero attached hydrogens (tertiary/aromatic N) is 1. The van der Waals surface area contributed by atoms with Crippen LogP contribution in [0.2, 0.25) is 5.02 Å². The van der Waals surface area contributed by atoms with Gasteiger partial charge in [0.15, 0.2) is 0 Å². The van der Waals surface area contributed by atoms with Crippen molar-refractivity contribution in [3.05, 3.63) is 51.2 Å². The van der Waals surface area contributed by atoms with Crippen LogP contribution in [-0.2, 0) is 21.3 Å². The third kappa shape index (κ3) is 3.88. The predicted molar refractivity (Wildman–Crippen MR) is 90.0 cm³/mol. The van der Waals surface area contributed by atoms with Crippen LogP contribution < -0.4 is 0 Å². The molecule has 1 aromatic carbocycles. The molecule has 22 heavy (non-hydrogen) atoms. The highest BCUT2D eigenvalue weighted by molar-refractivity contribution is 7.89. The van der Waals surface area contributed by atoms with Gasteiger partial charge in [-0.3, -0.25) is 0 Å². The second kappa shape index (κ2) is 7.57. The largest absolute Gasteiger partial charge is 0.383 e. The van der Waals surface area contributed by atoms with Gasteiger partial charge in [-0.15, -0.1) is 0 Å². The third-order valence-corrected chi connectivity index (χ3v) is 6.45. The lowest BCUT2D eigenvalue weighted by Gasteiger charge is -2.22. The first kappa shape index (κ1) is 17.4. The molecule has 0 saturated carbocycles. The van der Waals surface area contributed by atoms with Gasteiger partial charge < -0.3 is 4.74 Å². The van der Waals surface area contributed by atoms with Gasteiger partial charge in [0.25, 0.3) is 0 Å². The van der Waals surface area contributed by atoms with Crippen LogP contribution in [-0.4, -0.2) is 33.0 Å². The summed E-state index contributed by atoms with van der Waals surface area (Å²) in [6.07, 6.45) is 0. The number of hydrogen-bond acceptors (Lipinski definition) is 4. The Hall–Kier alpha value is -0.920. The molecule has 0 N–H and O–H groups in total. The summed E-state index contributed by atoms with van der Waals surface area (Å²) in [5.41, 5.74) is 1.53. The Morgan fingerprint density at radius 3 is 2.73 bits per heavy atom. The zero-order valence-electron chi connectivity index (χ0n) is 12.5. The molecular weight excluding hydrogens is 342 g/mol. The van der Waals surface area contributed by atoms with Gasteiger partial charge in [-0.05, 0) is 47.0 Å². The lowest BCUT2D eigenvalue weighted by molar-refractivity contribution is 0.177. The maximum absolute atomic E-state index is 13.0. The molecule has 120 valence electrons. The average Bonchev–Trinajstić information content (AvgIpc) is 2.99. The number of methoxy groups -OCH3 is 1. The van der Waals surface area contributed by atoms with Crippen LogP contribution in [0.4, 0.5) is 0 Å². The first-order chi connectivity index (χ1) is 10.5. The van der Waals surface area contributed by atoms with Gasteiger partial charge in [0.2, 0.25) is 10.0 Å². The predicted octanol–water partition coefficient (Wildman–Crippen LogP) is 3.55. The number of thiophene rings is 1. The monoisotopic (exact) mass is 359 g/mol. The van der Waals surface area contributed by atoms with E-state index in [1.54, 1.807) is 43.6 Å². The van der Waals surface area contributed by atoms with Gasteiger partial charge in [0.05, 0.1) is 11.5 Å². The molecule has 0 aliphatic rings. The number of hydrogen-bond donors (Lipinski definition) is 0. The summed E-state index contributed by atoms with van der Waals surface area (Å²) in [5.74, 6) is 0. The Balaban J connectivity index is 2.37. The summed E-state index contributed by atoms with van der Waals surface area (Å²) in [6.45, 7) is 2.67. The highest BCUT2D eigenvalue weighted by Crippen LogP contribution is 2.26. The molecule has 0 aliphatic carbocycles. The minimum absolute atomic E-state index is 0.242. The summed E-state index contributed by atoms with van der Waals surface area (Å²) < 4.78 is 32.4. The Bertz CT molecular complexity index is 714. The zero-order valence-corrected chi connectivity index (χ0v) is 14.8. The van der Waals surface area contributed by atoms with Crippen molar-refractivity contribution >= 4 is 33.0 Å². The standard InChI is InChI=1S/C15H18ClNO3S2/c1-12-14(16)4-3-5-15(12)22(18,19)17(7-8-20-2)10-13-6-9-21-11-13/h3-6,9,11H,7-8,10H2,1-2H3. The van der Waals surface area contributed by atoms with Crippen LogP contribution in [0.3, 0.4) is 0 Å². The molecule has 0 fully saturated rings. The van der Waals surface area contributed by atoms with Gasteiger partial charge in [0, 0.05) is 25.2 Å². The summed E-state index contributed by atoms with van der Waals surface area (Å²) in [7, 11) is -2.07. The smallest absolute Gasteiger partial charge is 0.243 e. The van der Waals surface area contributed by atoms with Crippen LogP contribution in [0.1, 0.15) is 11.1 Å². The summed E-state index contributed by atoms with van der Waals surface area (Å²) in [6, 6.07) is 6.85. The molecule has 4 nitrogen and oxygen atoms in total. The molecule has 0 bridgehead atoms. The van der Waals surface area contributed by atoms with E-state index in [1.807, 2.05) is 16.8 Å². The lowest BCUT2D eigenvalue weighted by Crippen LogP contribution is -2.33. The Morgan fingerprint density at radius 2 is 2.09 bits per heavy atom. The minimum Gasteiger partial charge on any atom is -0.383 e. The number of sulfonamides is 1.